The molecular formula is C11H9BrClNS. The van der Waals surface area contributed by atoms with E-state index < -0.39 is 0 Å². The molecule has 1 atom stereocenters. The molecule has 0 radical (unpaired) electrons. The molecule has 2 aromatic rings. The minimum Gasteiger partial charge on any atom is -0.320 e. The highest BCUT2D eigenvalue weighted by molar-refractivity contribution is 9.10. The molecule has 0 fully saturated rings. The summed E-state index contributed by atoms with van der Waals surface area (Å²) >= 11 is 11.0. The van der Waals surface area contributed by atoms with Gasteiger partial charge in [0.15, 0.2) is 0 Å². The maximum absolute atomic E-state index is 6.12. The zero-order valence-electron chi connectivity index (χ0n) is 7.78. The van der Waals surface area contributed by atoms with Gasteiger partial charge in [-0.05, 0) is 56.0 Å². The molecule has 1 nitrogen and oxygen atoms in total. The van der Waals surface area contributed by atoms with E-state index in [2.05, 4.69) is 21.3 Å². The largest absolute Gasteiger partial charge is 0.320 e. The smallest absolute Gasteiger partial charge is 0.0560 e. The van der Waals surface area contributed by atoms with Gasteiger partial charge in [-0.1, -0.05) is 17.7 Å². The molecule has 0 spiro atoms. The van der Waals surface area contributed by atoms with Crippen molar-refractivity contribution >= 4 is 38.9 Å². The first kappa shape index (κ1) is 11.1. The number of nitrogens with two attached hydrogens (primary N) is 1. The van der Waals surface area contributed by atoms with E-state index in [0.29, 0.717) is 5.02 Å². The molecule has 2 rings (SSSR count). The number of rotatable bonds is 2. The van der Waals surface area contributed by atoms with Crippen molar-refractivity contribution in [1.29, 1.82) is 0 Å². The molecule has 0 amide bonds. The second-order valence-corrected chi connectivity index (χ2v) is 5.25. The fourth-order valence-electron chi connectivity index (χ4n) is 1.35. The van der Waals surface area contributed by atoms with Crippen LogP contribution in [-0.2, 0) is 0 Å². The highest BCUT2D eigenvalue weighted by Crippen LogP contribution is 2.28. The number of hydrogen-bond donors (Lipinski definition) is 1. The van der Waals surface area contributed by atoms with E-state index in [4.69, 9.17) is 17.3 Å². The quantitative estimate of drug-likeness (QED) is 0.883. The summed E-state index contributed by atoms with van der Waals surface area (Å²) in [6.45, 7) is 0. The van der Waals surface area contributed by atoms with Crippen molar-refractivity contribution in [2.24, 2.45) is 5.73 Å². The summed E-state index contributed by atoms with van der Waals surface area (Å²) in [4.78, 5) is 0. The van der Waals surface area contributed by atoms with Crippen molar-refractivity contribution in [3.05, 3.63) is 55.6 Å². The monoisotopic (exact) mass is 301 g/mol. The van der Waals surface area contributed by atoms with E-state index in [1.54, 1.807) is 11.3 Å². The van der Waals surface area contributed by atoms with Crippen LogP contribution in [0.4, 0.5) is 0 Å². The summed E-state index contributed by atoms with van der Waals surface area (Å²) in [6, 6.07) is 7.73. The van der Waals surface area contributed by atoms with Crippen molar-refractivity contribution in [2.45, 2.75) is 6.04 Å². The van der Waals surface area contributed by atoms with Crippen LogP contribution in [0.5, 0.6) is 0 Å². The summed E-state index contributed by atoms with van der Waals surface area (Å²) < 4.78 is 0.882. The van der Waals surface area contributed by atoms with Gasteiger partial charge >= 0.3 is 0 Å². The summed E-state index contributed by atoms with van der Waals surface area (Å²) in [5.41, 5.74) is 8.32. The lowest BCUT2D eigenvalue weighted by molar-refractivity contribution is 0.876. The number of thiophene rings is 1. The van der Waals surface area contributed by atoms with Crippen LogP contribution in [0.3, 0.4) is 0 Å². The molecule has 0 unspecified atom stereocenters. The van der Waals surface area contributed by atoms with Crippen LogP contribution in [0, 0.1) is 0 Å². The molecule has 4 heteroatoms. The fraction of sp³-hybridized carbons (Fsp3) is 0.0909. The van der Waals surface area contributed by atoms with Crippen LogP contribution < -0.4 is 5.73 Å². The van der Waals surface area contributed by atoms with Crippen LogP contribution in [0.15, 0.2) is 39.5 Å². The fourth-order valence-corrected chi connectivity index (χ4v) is 2.56. The molecule has 1 aromatic heterocycles. The van der Waals surface area contributed by atoms with Crippen molar-refractivity contribution in [3.63, 3.8) is 0 Å². The Bertz CT molecular complexity index is 456. The zero-order chi connectivity index (χ0) is 10.8. The molecule has 78 valence electrons. The average molecular weight is 303 g/mol. The van der Waals surface area contributed by atoms with Gasteiger partial charge in [0.2, 0.25) is 0 Å². The minimum atomic E-state index is -0.0789. The number of halogens is 2. The Hall–Kier alpha value is -0.350. The maximum Gasteiger partial charge on any atom is 0.0560 e. The van der Waals surface area contributed by atoms with Gasteiger partial charge in [0.1, 0.15) is 0 Å². The molecule has 0 bridgehead atoms. The first-order valence-corrected chi connectivity index (χ1v) is 6.52. The third-order valence-electron chi connectivity index (χ3n) is 2.21. The van der Waals surface area contributed by atoms with Crippen molar-refractivity contribution in [2.75, 3.05) is 0 Å². The first-order chi connectivity index (χ1) is 7.18. The van der Waals surface area contributed by atoms with E-state index in [1.165, 1.54) is 0 Å². The van der Waals surface area contributed by atoms with Crippen LogP contribution >= 0.6 is 38.9 Å². The normalized spacial score (nSPS) is 12.7. The predicted octanol–water partition coefficient (Wildman–Crippen LogP) is 4.21. The van der Waals surface area contributed by atoms with Gasteiger partial charge in [0.25, 0.3) is 0 Å². The topological polar surface area (TPSA) is 26.0 Å². The molecule has 0 aliphatic heterocycles. The SMILES string of the molecule is N[C@@H](c1ccsc1)c1ccc(Cl)c(Br)c1. The zero-order valence-corrected chi connectivity index (χ0v) is 10.9. The molecule has 1 aromatic carbocycles. The highest BCUT2D eigenvalue weighted by Gasteiger charge is 2.10. The van der Waals surface area contributed by atoms with Crippen molar-refractivity contribution in [1.82, 2.24) is 0 Å². The van der Waals surface area contributed by atoms with Gasteiger partial charge in [-0.15, -0.1) is 0 Å². The average Bonchev–Trinajstić information content (AvgIpc) is 2.74. The Morgan fingerprint density at radius 1 is 1.27 bits per heavy atom. The second kappa shape index (κ2) is 4.66. The molecule has 0 aliphatic carbocycles. The van der Waals surface area contributed by atoms with Gasteiger partial charge in [-0.2, -0.15) is 11.3 Å². The van der Waals surface area contributed by atoms with Crippen LogP contribution in [-0.4, -0.2) is 0 Å². The molecule has 2 N–H and O–H groups in total. The van der Waals surface area contributed by atoms with E-state index in [1.807, 2.05) is 29.6 Å². The number of benzene rings is 1. The Morgan fingerprint density at radius 3 is 2.67 bits per heavy atom. The van der Waals surface area contributed by atoms with Crippen molar-refractivity contribution in [3.8, 4) is 0 Å². The van der Waals surface area contributed by atoms with E-state index in [-0.39, 0.29) is 6.04 Å². The molecule has 15 heavy (non-hydrogen) atoms. The lowest BCUT2D eigenvalue weighted by Gasteiger charge is -2.11. The minimum absolute atomic E-state index is 0.0789. The summed E-state index contributed by atoms with van der Waals surface area (Å²) in [5.74, 6) is 0. The Kier molecular flexibility index (Phi) is 3.46. The molecule has 1 heterocycles. The van der Waals surface area contributed by atoms with E-state index >= 15 is 0 Å². The summed E-state index contributed by atoms with van der Waals surface area (Å²) in [7, 11) is 0. The summed E-state index contributed by atoms with van der Waals surface area (Å²) in [6.07, 6.45) is 0. The Morgan fingerprint density at radius 2 is 2.07 bits per heavy atom. The van der Waals surface area contributed by atoms with Gasteiger partial charge < -0.3 is 5.73 Å². The number of hydrogen-bond acceptors (Lipinski definition) is 2. The van der Waals surface area contributed by atoms with Crippen LogP contribution in [0.1, 0.15) is 17.2 Å². The molecule has 0 saturated heterocycles. The first-order valence-electron chi connectivity index (χ1n) is 4.41. The Labute approximate surface area is 106 Å². The van der Waals surface area contributed by atoms with E-state index in [9.17, 15) is 0 Å². The van der Waals surface area contributed by atoms with Gasteiger partial charge in [0, 0.05) is 4.47 Å². The molecule has 0 aliphatic rings. The lowest BCUT2D eigenvalue weighted by atomic mass is 10.0. The van der Waals surface area contributed by atoms with Gasteiger partial charge in [-0.3, -0.25) is 0 Å². The lowest BCUT2D eigenvalue weighted by Crippen LogP contribution is -2.10. The second-order valence-electron chi connectivity index (χ2n) is 3.21. The third kappa shape index (κ3) is 2.42. The van der Waals surface area contributed by atoms with Crippen molar-refractivity contribution < 1.29 is 0 Å². The maximum atomic E-state index is 6.12. The summed E-state index contributed by atoms with van der Waals surface area (Å²) in [5, 5.41) is 4.80. The molecular weight excluding hydrogens is 294 g/mol. The Balaban J connectivity index is 2.34. The molecule has 0 saturated carbocycles. The van der Waals surface area contributed by atoms with Gasteiger partial charge in [0.05, 0.1) is 11.1 Å². The van der Waals surface area contributed by atoms with Crippen LogP contribution in [0.2, 0.25) is 5.02 Å². The highest BCUT2D eigenvalue weighted by atomic mass is 79.9. The van der Waals surface area contributed by atoms with E-state index in [0.717, 1.165) is 15.6 Å². The third-order valence-corrected chi connectivity index (χ3v) is 4.12. The predicted molar refractivity (Wildman–Crippen MR) is 69.5 cm³/mol. The van der Waals surface area contributed by atoms with Gasteiger partial charge in [-0.25, -0.2) is 0 Å². The van der Waals surface area contributed by atoms with Crippen LogP contribution in [0.25, 0.3) is 0 Å². The standard InChI is InChI=1S/C11H9BrClNS/c12-9-5-7(1-2-10(9)13)11(14)8-3-4-15-6-8/h1-6,11H,14H2/t11-/m1/s1.